The monoisotopic (exact) mass is 1050 g/mol. The predicted molar refractivity (Wildman–Crippen MR) is 266 cm³/mol. The zero-order valence-corrected chi connectivity index (χ0v) is 42.3. The SMILES string of the molecule is CSCC[C@H](NC(=O)[C@H](CCC(N)=O)NC(=O)[C@H](CC(C)C)NC(=O)CN)C(=O)NCC(=O)N[C@@H](CO)C(=O)N[C@@H](CC(N)=O)C(=O)N[C@@H](CCCCN)C(=O)N[C@@H](Cc1ccccc1)C(=O)N[C@@H](C)C(=O)O. The van der Waals surface area contributed by atoms with E-state index in [0.29, 0.717) is 17.7 Å². The van der Waals surface area contributed by atoms with Crippen molar-refractivity contribution in [3.05, 3.63) is 35.9 Å². The second kappa shape index (κ2) is 34.5. The van der Waals surface area contributed by atoms with Crippen LogP contribution >= 0.6 is 11.8 Å². The number of rotatable bonds is 36. The Morgan fingerprint density at radius 1 is 0.575 bits per heavy atom. The minimum absolute atomic E-state index is 0.00949. The van der Waals surface area contributed by atoms with Crippen LogP contribution in [0.3, 0.4) is 0 Å². The summed E-state index contributed by atoms with van der Waals surface area (Å²) in [5, 5.41) is 41.0. The van der Waals surface area contributed by atoms with Crippen molar-refractivity contribution in [2.45, 2.75) is 127 Å². The number of hydrogen-bond donors (Lipinski definition) is 15. The summed E-state index contributed by atoms with van der Waals surface area (Å²) in [6.07, 6.45) is 0.979. The van der Waals surface area contributed by atoms with Crippen molar-refractivity contribution in [2.75, 3.05) is 38.2 Å². The summed E-state index contributed by atoms with van der Waals surface area (Å²) in [5.74, 6) is -11.2. The zero-order chi connectivity index (χ0) is 55.2. The Balaban J connectivity index is 3.22. The highest BCUT2D eigenvalue weighted by molar-refractivity contribution is 7.98. The Morgan fingerprint density at radius 3 is 1.60 bits per heavy atom. The molecular formula is C45H73N13O14S. The minimum atomic E-state index is -1.79. The largest absolute Gasteiger partial charge is 0.480 e. The molecule has 8 atom stereocenters. The van der Waals surface area contributed by atoms with Crippen molar-refractivity contribution < 1.29 is 67.7 Å². The molecule has 0 aliphatic carbocycles. The van der Waals surface area contributed by atoms with E-state index < -0.39 is 145 Å². The smallest absolute Gasteiger partial charge is 0.325 e. The topological polar surface area (TPSA) is 458 Å². The maximum atomic E-state index is 13.8. The van der Waals surface area contributed by atoms with Gasteiger partial charge >= 0.3 is 5.97 Å². The van der Waals surface area contributed by atoms with Crippen molar-refractivity contribution in [1.29, 1.82) is 0 Å². The number of aliphatic hydroxyl groups excluding tert-OH is 1. The fraction of sp³-hybridized carbons (Fsp3) is 0.600. The van der Waals surface area contributed by atoms with E-state index in [-0.39, 0.29) is 57.4 Å². The quantitative estimate of drug-likeness (QED) is 0.0279. The molecule has 19 N–H and O–H groups in total. The number of aliphatic hydroxyl groups is 1. The van der Waals surface area contributed by atoms with Gasteiger partial charge in [0.1, 0.15) is 48.3 Å². The van der Waals surface area contributed by atoms with Crippen LogP contribution in [0.2, 0.25) is 0 Å². The maximum Gasteiger partial charge on any atom is 0.325 e. The molecule has 27 nitrogen and oxygen atoms in total. The van der Waals surface area contributed by atoms with Crippen LogP contribution in [-0.4, -0.2) is 168 Å². The first-order valence-corrected chi connectivity index (χ1v) is 24.9. The molecule has 0 aromatic heterocycles. The average Bonchev–Trinajstić information content (AvgIpc) is 3.33. The summed E-state index contributed by atoms with van der Waals surface area (Å²) < 4.78 is 0. The number of nitrogens with two attached hydrogens (primary N) is 4. The number of aliphatic carboxylic acids is 1. The van der Waals surface area contributed by atoms with Gasteiger partial charge in [-0.25, -0.2) is 0 Å². The zero-order valence-electron chi connectivity index (χ0n) is 41.5. The van der Waals surface area contributed by atoms with Crippen LogP contribution in [0.15, 0.2) is 30.3 Å². The summed E-state index contributed by atoms with van der Waals surface area (Å²) in [6.45, 7) is 2.73. The Kier molecular flexibility index (Phi) is 30.3. The predicted octanol–water partition coefficient (Wildman–Crippen LogP) is -5.65. The molecule has 0 heterocycles. The third-order valence-corrected chi connectivity index (χ3v) is 11.3. The van der Waals surface area contributed by atoms with Crippen molar-refractivity contribution in [2.24, 2.45) is 28.9 Å². The molecule has 1 aromatic rings. The number of carboxylic acids is 1. The first-order valence-electron chi connectivity index (χ1n) is 23.5. The van der Waals surface area contributed by atoms with Crippen molar-refractivity contribution in [3.8, 4) is 0 Å². The normalized spacial score (nSPS) is 14.2. The van der Waals surface area contributed by atoms with Gasteiger partial charge in [-0.05, 0) is 75.5 Å². The molecule has 0 saturated heterocycles. The van der Waals surface area contributed by atoms with E-state index >= 15 is 0 Å². The number of hydrogen-bond acceptors (Lipinski definition) is 16. The lowest BCUT2D eigenvalue weighted by atomic mass is 10.0. The number of unbranched alkanes of at least 4 members (excludes halogenated alkanes) is 1. The van der Waals surface area contributed by atoms with Gasteiger partial charge in [0.2, 0.25) is 65.0 Å². The van der Waals surface area contributed by atoms with Gasteiger partial charge in [-0.1, -0.05) is 44.2 Å². The van der Waals surface area contributed by atoms with E-state index in [4.69, 9.17) is 22.9 Å². The van der Waals surface area contributed by atoms with Crippen molar-refractivity contribution >= 4 is 82.7 Å². The standard InChI is InChI=1S/C45H73N13O14S/c1-24(2)18-30(52-36(62)21-47)42(68)55-28(13-14-34(48)60)40(66)56-29(15-17-73-4)38(64)50-22-37(63)53-33(23-59)44(70)58-32(20-35(49)61)43(69)54-27(12-8-9-16-46)39(65)57-31(19-26-10-6-5-7-11-26)41(67)51-25(3)45(71)72/h5-7,10-11,24-25,27-33,59H,8-9,12-23,46-47H2,1-4H3,(H2,48,60)(H2,49,61)(H,50,64)(H,51,67)(H,52,62)(H,53,63)(H,54,69)(H,55,68)(H,56,66)(H,57,65)(H,58,70)(H,71,72)/t25-,27-,28-,29-,30-,31-,32-,33-/m0/s1. The van der Waals surface area contributed by atoms with Gasteiger partial charge in [-0.3, -0.25) is 57.5 Å². The number of benzene rings is 1. The molecule has 408 valence electrons. The van der Waals surface area contributed by atoms with Crippen LogP contribution in [0.1, 0.15) is 77.7 Å². The first kappa shape index (κ1) is 64.1. The second-order valence-electron chi connectivity index (χ2n) is 17.3. The van der Waals surface area contributed by atoms with Crippen molar-refractivity contribution in [3.63, 3.8) is 0 Å². The third kappa shape index (κ3) is 25.9. The van der Waals surface area contributed by atoms with Crippen LogP contribution in [0.5, 0.6) is 0 Å². The van der Waals surface area contributed by atoms with Crippen LogP contribution in [0.4, 0.5) is 0 Å². The Hall–Kier alpha value is -6.91. The number of carboxylic acid groups (broad SMARTS) is 1. The molecule has 11 amide bonds. The summed E-state index contributed by atoms with van der Waals surface area (Å²) in [4.78, 5) is 155. The molecule has 0 saturated carbocycles. The summed E-state index contributed by atoms with van der Waals surface area (Å²) in [6, 6.07) is -3.03. The van der Waals surface area contributed by atoms with Crippen LogP contribution in [0.25, 0.3) is 0 Å². The Bertz CT molecular complexity index is 2050. The van der Waals surface area contributed by atoms with Gasteiger partial charge in [-0.15, -0.1) is 0 Å². The van der Waals surface area contributed by atoms with Gasteiger partial charge < -0.3 is 81.0 Å². The highest BCUT2D eigenvalue weighted by atomic mass is 32.2. The molecule has 0 aliphatic heterocycles. The summed E-state index contributed by atoms with van der Waals surface area (Å²) in [7, 11) is 0. The highest BCUT2D eigenvalue weighted by Gasteiger charge is 2.34. The molecule has 0 fully saturated rings. The lowest BCUT2D eigenvalue weighted by Crippen LogP contribution is -2.60. The molecule has 1 aromatic carbocycles. The number of nitrogens with one attached hydrogen (secondary N) is 9. The Morgan fingerprint density at radius 2 is 1.08 bits per heavy atom. The lowest BCUT2D eigenvalue weighted by Gasteiger charge is -2.26. The number of carbonyl (C=O) groups excluding carboxylic acids is 11. The van der Waals surface area contributed by atoms with Crippen LogP contribution < -0.4 is 70.8 Å². The molecule has 0 bridgehead atoms. The van der Waals surface area contributed by atoms with E-state index in [9.17, 15) is 67.7 Å². The molecule has 28 heteroatoms. The molecule has 0 aliphatic rings. The number of thioether (sulfide) groups is 1. The van der Waals surface area contributed by atoms with Gasteiger partial charge in [0.05, 0.1) is 26.1 Å². The first-order chi connectivity index (χ1) is 34.5. The molecule has 0 unspecified atom stereocenters. The average molecular weight is 1050 g/mol. The number of carbonyl (C=O) groups is 12. The Labute approximate surface area is 427 Å². The third-order valence-electron chi connectivity index (χ3n) is 10.6. The van der Waals surface area contributed by atoms with Gasteiger partial charge in [0.25, 0.3) is 0 Å². The maximum absolute atomic E-state index is 13.8. The van der Waals surface area contributed by atoms with E-state index in [0.717, 1.165) is 0 Å². The highest BCUT2D eigenvalue weighted by Crippen LogP contribution is 2.10. The molecular weight excluding hydrogens is 979 g/mol. The molecule has 1 rings (SSSR count). The fourth-order valence-corrected chi connectivity index (χ4v) is 7.19. The number of primary amides is 2. The van der Waals surface area contributed by atoms with E-state index in [1.165, 1.54) is 18.7 Å². The lowest BCUT2D eigenvalue weighted by molar-refractivity contribution is -0.141. The minimum Gasteiger partial charge on any atom is -0.480 e. The molecule has 73 heavy (non-hydrogen) atoms. The van der Waals surface area contributed by atoms with Crippen molar-refractivity contribution in [1.82, 2.24) is 47.9 Å². The van der Waals surface area contributed by atoms with Crippen LogP contribution in [-0.2, 0) is 64.0 Å². The summed E-state index contributed by atoms with van der Waals surface area (Å²) >= 11 is 1.31. The molecule has 0 radical (unpaired) electrons. The van der Waals surface area contributed by atoms with Gasteiger partial charge in [0, 0.05) is 12.8 Å². The number of amides is 11. The van der Waals surface area contributed by atoms with E-state index in [1.54, 1.807) is 50.4 Å². The van der Waals surface area contributed by atoms with E-state index in [2.05, 4.69) is 47.9 Å². The van der Waals surface area contributed by atoms with E-state index in [1.807, 2.05) is 0 Å². The van der Waals surface area contributed by atoms with Gasteiger partial charge in [0.15, 0.2) is 0 Å². The second-order valence-corrected chi connectivity index (χ2v) is 18.3. The molecule has 0 spiro atoms. The van der Waals surface area contributed by atoms with Crippen LogP contribution in [0, 0.1) is 5.92 Å². The summed E-state index contributed by atoms with van der Waals surface area (Å²) in [5.41, 5.74) is 22.4. The van der Waals surface area contributed by atoms with Gasteiger partial charge in [-0.2, -0.15) is 11.8 Å². The fourth-order valence-electron chi connectivity index (χ4n) is 6.71.